The number of nitrogens with one attached hydrogen (secondary N) is 2. The lowest BCUT2D eigenvalue weighted by molar-refractivity contribution is -0.385. The molecule has 2 heterocycles. The van der Waals surface area contributed by atoms with Gasteiger partial charge in [0.2, 0.25) is 0 Å². The van der Waals surface area contributed by atoms with Crippen LogP contribution in [-0.4, -0.2) is 22.9 Å². The summed E-state index contributed by atoms with van der Waals surface area (Å²) < 4.78 is 5.32. The summed E-state index contributed by atoms with van der Waals surface area (Å²) in [6, 6.07) is 4.84. The predicted octanol–water partition coefficient (Wildman–Crippen LogP) is 1.86. The Labute approximate surface area is 120 Å². The smallest absolute Gasteiger partial charge is 0.300 e. The lowest BCUT2D eigenvalue weighted by atomic mass is 10.2. The minimum atomic E-state index is -0.640. The van der Waals surface area contributed by atoms with E-state index in [9.17, 15) is 14.9 Å². The number of carbonyl (C=O) groups excluding carboxylic acids is 1. The van der Waals surface area contributed by atoms with Crippen molar-refractivity contribution in [1.82, 2.24) is 10.3 Å². The monoisotopic (exact) mass is 290 g/mol. The van der Waals surface area contributed by atoms with Crippen LogP contribution in [0.25, 0.3) is 0 Å². The van der Waals surface area contributed by atoms with E-state index in [4.69, 9.17) is 4.42 Å². The van der Waals surface area contributed by atoms with Crippen molar-refractivity contribution in [2.75, 3.05) is 12.4 Å². The first-order valence-electron chi connectivity index (χ1n) is 6.17. The van der Waals surface area contributed by atoms with Gasteiger partial charge in [-0.15, -0.1) is 0 Å². The number of aromatic nitrogens is 1. The second-order valence-corrected chi connectivity index (χ2v) is 4.29. The lowest BCUT2D eigenvalue weighted by Gasteiger charge is -2.06. The summed E-state index contributed by atoms with van der Waals surface area (Å²) in [6.45, 7) is 1.94. The molecule has 0 aromatic carbocycles. The summed E-state index contributed by atoms with van der Waals surface area (Å²) >= 11 is 0. The first kappa shape index (κ1) is 14.5. The predicted molar refractivity (Wildman–Crippen MR) is 75.1 cm³/mol. The molecule has 1 amide bonds. The Balaban J connectivity index is 2.19. The van der Waals surface area contributed by atoms with Crippen molar-refractivity contribution in [2.24, 2.45) is 0 Å². The third kappa shape index (κ3) is 3.35. The van der Waals surface area contributed by atoms with Crippen LogP contribution in [0.2, 0.25) is 0 Å². The highest BCUT2D eigenvalue weighted by atomic mass is 16.6. The van der Waals surface area contributed by atoms with Gasteiger partial charge in [0, 0.05) is 13.1 Å². The zero-order valence-corrected chi connectivity index (χ0v) is 11.5. The van der Waals surface area contributed by atoms with Crippen LogP contribution < -0.4 is 10.6 Å². The van der Waals surface area contributed by atoms with Gasteiger partial charge in [0.25, 0.3) is 11.6 Å². The van der Waals surface area contributed by atoms with Crippen LogP contribution in [0.1, 0.15) is 21.9 Å². The molecule has 0 unspecified atom stereocenters. The highest BCUT2D eigenvalue weighted by Gasteiger charge is 2.21. The van der Waals surface area contributed by atoms with Crippen molar-refractivity contribution >= 4 is 17.4 Å². The molecule has 0 bridgehead atoms. The van der Waals surface area contributed by atoms with Crippen molar-refractivity contribution in [2.45, 2.75) is 13.5 Å². The highest BCUT2D eigenvalue weighted by molar-refractivity contribution is 5.98. The van der Waals surface area contributed by atoms with E-state index in [0.29, 0.717) is 11.6 Å². The molecule has 0 saturated heterocycles. The summed E-state index contributed by atoms with van der Waals surface area (Å²) in [5.74, 6) is 1.12. The molecular weight excluding hydrogens is 276 g/mol. The second-order valence-electron chi connectivity index (χ2n) is 4.29. The van der Waals surface area contributed by atoms with E-state index in [1.807, 2.05) is 0 Å². The van der Waals surface area contributed by atoms with Gasteiger partial charge in [-0.2, -0.15) is 0 Å². The van der Waals surface area contributed by atoms with Crippen molar-refractivity contribution in [3.8, 4) is 0 Å². The number of furan rings is 1. The topological polar surface area (TPSA) is 110 Å². The summed E-state index contributed by atoms with van der Waals surface area (Å²) in [7, 11) is 1.61. The van der Waals surface area contributed by atoms with E-state index in [1.54, 1.807) is 26.1 Å². The van der Waals surface area contributed by atoms with Crippen LogP contribution in [0.3, 0.4) is 0 Å². The Morgan fingerprint density at radius 1 is 1.48 bits per heavy atom. The number of carbonyl (C=O) groups is 1. The summed E-state index contributed by atoms with van der Waals surface area (Å²) in [5.41, 5.74) is -0.398. The maximum atomic E-state index is 12.1. The number of rotatable bonds is 5. The van der Waals surface area contributed by atoms with Gasteiger partial charge in [-0.25, -0.2) is 4.98 Å². The summed E-state index contributed by atoms with van der Waals surface area (Å²) in [5, 5.41) is 16.3. The first-order chi connectivity index (χ1) is 10.0. The number of anilines is 1. The number of pyridine rings is 1. The van der Waals surface area contributed by atoms with E-state index in [2.05, 4.69) is 15.6 Å². The number of hydrogen-bond donors (Lipinski definition) is 2. The normalized spacial score (nSPS) is 10.2. The fourth-order valence-corrected chi connectivity index (χ4v) is 1.75. The zero-order chi connectivity index (χ0) is 15.4. The summed E-state index contributed by atoms with van der Waals surface area (Å²) in [4.78, 5) is 26.2. The molecule has 8 heteroatoms. The summed E-state index contributed by atoms with van der Waals surface area (Å²) in [6.07, 6.45) is 1.05. The Hall–Kier alpha value is -2.90. The average molecular weight is 290 g/mol. The van der Waals surface area contributed by atoms with Crippen molar-refractivity contribution in [3.05, 3.63) is 51.6 Å². The number of aryl methyl sites for hydroxylation is 1. The van der Waals surface area contributed by atoms with Crippen LogP contribution in [0.4, 0.5) is 11.5 Å². The molecule has 0 aliphatic carbocycles. The second kappa shape index (κ2) is 6.04. The molecule has 0 fully saturated rings. The third-order valence-electron chi connectivity index (χ3n) is 2.80. The van der Waals surface area contributed by atoms with Crippen LogP contribution in [0.15, 0.2) is 28.8 Å². The number of hydrogen-bond acceptors (Lipinski definition) is 6. The molecule has 2 N–H and O–H groups in total. The fourth-order valence-electron chi connectivity index (χ4n) is 1.75. The van der Waals surface area contributed by atoms with Gasteiger partial charge in [0.1, 0.15) is 29.1 Å². The Bertz CT molecular complexity index is 681. The molecule has 8 nitrogen and oxygen atoms in total. The highest BCUT2D eigenvalue weighted by Crippen LogP contribution is 2.20. The fraction of sp³-hybridized carbons (Fsp3) is 0.231. The van der Waals surface area contributed by atoms with Crippen LogP contribution in [-0.2, 0) is 6.54 Å². The SMILES string of the molecule is CNc1cc(C(=O)NCc2ccc(C)o2)c([N+](=O)[O-])cn1. The molecule has 0 aliphatic rings. The maximum Gasteiger partial charge on any atom is 0.300 e. The first-order valence-corrected chi connectivity index (χ1v) is 6.17. The van der Waals surface area contributed by atoms with Crippen LogP contribution in [0.5, 0.6) is 0 Å². The molecule has 21 heavy (non-hydrogen) atoms. The lowest BCUT2D eigenvalue weighted by Crippen LogP contribution is -2.23. The molecule has 0 spiro atoms. The Morgan fingerprint density at radius 2 is 2.24 bits per heavy atom. The molecule has 0 saturated carbocycles. The average Bonchev–Trinajstić information content (AvgIpc) is 2.89. The Morgan fingerprint density at radius 3 is 2.81 bits per heavy atom. The molecule has 110 valence electrons. The minimum absolute atomic E-state index is 0.0531. The van der Waals surface area contributed by atoms with Gasteiger partial charge in [0.15, 0.2) is 0 Å². The van der Waals surface area contributed by atoms with E-state index < -0.39 is 10.8 Å². The van der Waals surface area contributed by atoms with Gasteiger partial charge in [0.05, 0.1) is 11.5 Å². The standard InChI is InChI=1S/C13H14N4O4/c1-8-3-4-9(21-8)6-16-13(18)10-5-12(14-2)15-7-11(10)17(19)20/h3-5,7H,6H2,1-2H3,(H,14,15)(H,16,18). The van der Waals surface area contributed by atoms with E-state index in [0.717, 1.165) is 12.0 Å². The van der Waals surface area contributed by atoms with Gasteiger partial charge >= 0.3 is 0 Å². The number of nitro groups is 1. The largest absolute Gasteiger partial charge is 0.465 e. The van der Waals surface area contributed by atoms with Crippen molar-refractivity contribution < 1.29 is 14.1 Å². The van der Waals surface area contributed by atoms with Crippen LogP contribution >= 0.6 is 0 Å². The van der Waals surface area contributed by atoms with Gasteiger partial charge < -0.3 is 15.1 Å². The molecule has 0 atom stereocenters. The number of amides is 1. The molecule has 0 aliphatic heterocycles. The van der Waals surface area contributed by atoms with E-state index >= 15 is 0 Å². The third-order valence-corrected chi connectivity index (χ3v) is 2.80. The molecular formula is C13H14N4O4. The molecule has 2 aromatic rings. The molecule has 2 aromatic heterocycles. The Kier molecular flexibility index (Phi) is 4.17. The van der Waals surface area contributed by atoms with Crippen LogP contribution in [0, 0.1) is 17.0 Å². The van der Waals surface area contributed by atoms with Crippen molar-refractivity contribution in [3.63, 3.8) is 0 Å². The van der Waals surface area contributed by atoms with Gasteiger partial charge in [-0.05, 0) is 19.1 Å². The van der Waals surface area contributed by atoms with E-state index in [1.165, 1.54) is 6.07 Å². The number of nitrogens with zero attached hydrogens (tertiary/aromatic N) is 2. The molecule has 2 rings (SSSR count). The quantitative estimate of drug-likeness (QED) is 0.642. The van der Waals surface area contributed by atoms with E-state index in [-0.39, 0.29) is 17.8 Å². The van der Waals surface area contributed by atoms with Gasteiger partial charge in [-0.1, -0.05) is 0 Å². The minimum Gasteiger partial charge on any atom is -0.465 e. The maximum absolute atomic E-state index is 12.1. The molecule has 0 radical (unpaired) electrons. The zero-order valence-electron chi connectivity index (χ0n) is 11.5. The van der Waals surface area contributed by atoms with Gasteiger partial charge in [-0.3, -0.25) is 14.9 Å². The van der Waals surface area contributed by atoms with Crippen molar-refractivity contribution in [1.29, 1.82) is 0 Å².